The Labute approximate surface area is 92.3 Å². The minimum atomic E-state index is 0.669. The third kappa shape index (κ3) is 2.21. The molecule has 13 heavy (non-hydrogen) atoms. The maximum Gasteiger partial charge on any atom is 0.159 e. The predicted octanol–water partition coefficient (Wildman–Crippen LogP) is 2.34. The average Bonchev–Trinajstić information content (AvgIpc) is 2.85. The fourth-order valence-corrected chi connectivity index (χ4v) is 3.25. The highest BCUT2D eigenvalue weighted by Gasteiger charge is 2.33. The lowest BCUT2D eigenvalue weighted by molar-refractivity contribution is 0.440. The zero-order valence-corrected chi connectivity index (χ0v) is 10.3. The van der Waals surface area contributed by atoms with Gasteiger partial charge in [0, 0.05) is 23.2 Å². The van der Waals surface area contributed by atoms with Crippen LogP contribution in [0.5, 0.6) is 0 Å². The molecule has 74 valence electrons. The van der Waals surface area contributed by atoms with Gasteiger partial charge in [-0.2, -0.15) is 0 Å². The quantitative estimate of drug-likeness (QED) is 0.726. The van der Waals surface area contributed by atoms with E-state index in [1.807, 2.05) is 11.8 Å². The van der Waals surface area contributed by atoms with Crippen molar-refractivity contribution in [1.29, 1.82) is 0 Å². The number of hydrogen-bond donors (Lipinski definition) is 0. The Bertz CT molecular complexity index is 216. The third-order valence-corrected chi connectivity index (χ3v) is 4.88. The van der Waals surface area contributed by atoms with Gasteiger partial charge in [0.15, 0.2) is 5.17 Å². The number of amidine groups is 1. The van der Waals surface area contributed by atoms with E-state index in [9.17, 15) is 0 Å². The van der Waals surface area contributed by atoms with Gasteiger partial charge in [-0.25, -0.2) is 0 Å². The number of halogens is 1. The Morgan fingerprint density at radius 2 is 2.38 bits per heavy atom. The predicted molar refractivity (Wildman–Crippen MR) is 62.9 cm³/mol. The van der Waals surface area contributed by atoms with Crippen LogP contribution in [-0.4, -0.2) is 39.8 Å². The number of alkyl halides is 1. The monoisotopic (exact) mass is 262 g/mol. The van der Waals surface area contributed by atoms with Crippen LogP contribution in [0.25, 0.3) is 0 Å². The zero-order chi connectivity index (χ0) is 9.26. The molecule has 2 rings (SSSR count). The summed E-state index contributed by atoms with van der Waals surface area (Å²) in [7, 11) is 0. The van der Waals surface area contributed by atoms with Gasteiger partial charge in [-0.05, 0) is 19.8 Å². The van der Waals surface area contributed by atoms with Crippen LogP contribution in [-0.2, 0) is 0 Å². The van der Waals surface area contributed by atoms with E-state index in [1.165, 1.54) is 18.0 Å². The molecule has 1 atom stereocenters. The average molecular weight is 263 g/mol. The summed E-state index contributed by atoms with van der Waals surface area (Å²) in [6.07, 6.45) is 2.73. The first kappa shape index (κ1) is 9.84. The molecule has 1 fully saturated rings. The lowest BCUT2D eigenvalue weighted by Gasteiger charge is -2.21. The van der Waals surface area contributed by atoms with Crippen molar-refractivity contribution in [2.45, 2.75) is 31.1 Å². The van der Waals surface area contributed by atoms with Crippen molar-refractivity contribution in [1.82, 2.24) is 4.90 Å². The van der Waals surface area contributed by atoms with Crippen LogP contribution >= 0.6 is 27.7 Å². The topological polar surface area (TPSA) is 15.6 Å². The van der Waals surface area contributed by atoms with Crippen LogP contribution in [0.4, 0.5) is 0 Å². The van der Waals surface area contributed by atoms with Crippen LogP contribution in [0.3, 0.4) is 0 Å². The number of rotatable bonds is 3. The Morgan fingerprint density at radius 1 is 1.62 bits per heavy atom. The molecule has 1 aliphatic carbocycles. The largest absolute Gasteiger partial charge is 0.349 e. The van der Waals surface area contributed by atoms with Gasteiger partial charge in [0.2, 0.25) is 0 Å². The summed E-state index contributed by atoms with van der Waals surface area (Å²) in [5.74, 6) is 0. The highest BCUT2D eigenvalue weighted by atomic mass is 79.9. The molecule has 1 aliphatic heterocycles. The molecular formula is C9H15BrN2S. The van der Waals surface area contributed by atoms with E-state index >= 15 is 0 Å². The fourth-order valence-electron chi connectivity index (χ4n) is 1.58. The first-order chi connectivity index (χ1) is 6.35. The van der Waals surface area contributed by atoms with Crippen molar-refractivity contribution in [3.63, 3.8) is 0 Å². The van der Waals surface area contributed by atoms with Crippen molar-refractivity contribution in [3.05, 3.63) is 0 Å². The number of thioether (sulfide) groups is 1. The number of nitrogens with zero attached hydrogens (tertiary/aromatic N) is 2. The summed E-state index contributed by atoms with van der Waals surface area (Å²) in [6, 6.07) is 0.810. The Hall–Kier alpha value is 0.300. The molecule has 0 aromatic carbocycles. The molecule has 2 nitrogen and oxygen atoms in total. The lowest BCUT2D eigenvalue weighted by Crippen LogP contribution is -2.30. The van der Waals surface area contributed by atoms with Crippen LogP contribution in [0, 0.1) is 0 Å². The normalized spacial score (nSPS) is 27.5. The van der Waals surface area contributed by atoms with Crippen molar-refractivity contribution >= 4 is 32.9 Å². The summed E-state index contributed by atoms with van der Waals surface area (Å²) >= 11 is 5.46. The summed E-state index contributed by atoms with van der Waals surface area (Å²) < 4.78 is 0. The van der Waals surface area contributed by atoms with Crippen molar-refractivity contribution in [3.8, 4) is 0 Å². The first-order valence-electron chi connectivity index (χ1n) is 4.89. The molecule has 0 amide bonds. The third-order valence-electron chi connectivity index (χ3n) is 2.45. The van der Waals surface area contributed by atoms with Gasteiger partial charge >= 0.3 is 0 Å². The van der Waals surface area contributed by atoms with Crippen molar-refractivity contribution < 1.29 is 0 Å². The molecule has 0 aromatic rings. The summed E-state index contributed by atoms with van der Waals surface area (Å²) in [5.41, 5.74) is 0. The summed E-state index contributed by atoms with van der Waals surface area (Å²) in [4.78, 5) is 7.06. The second-order valence-electron chi connectivity index (χ2n) is 3.53. The molecule has 0 bridgehead atoms. The second kappa shape index (κ2) is 4.22. The van der Waals surface area contributed by atoms with Gasteiger partial charge in [0.25, 0.3) is 0 Å². The maximum atomic E-state index is 4.60. The molecule has 0 spiro atoms. The van der Waals surface area contributed by atoms with Gasteiger partial charge in [-0.1, -0.05) is 27.7 Å². The standard InChI is InChI=1S/C9H15BrN2S/c1-2-12(7-3-4-7)9-11-6-8(5-10)13-9/h7-8H,2-6H2,1H3. The lowest BCUT2D eigenvalue weighted by atomic mass is 10.5. The Kier molecular flexibility index (Phi) is 3.19. The van der Waals surface area contributed by atoms with Crippen LogP contribution < -0.4 is 0 Å². The van der Waals surface area contributed by atoms with Crippen molar-refractivity contribution in [2.24, 2.45) is 4.99 Å². The molecule has 2 aliphatic rings. The van der Waals surface area contributed by atoms with E-state index in [-0.39, 0.29) is 0 Å². The molecule has 1 unspecified atom stereocenters. The van der Waals surface area contributed by atoms with E-state index in [2.05, 4.69) is 32.7 Å². The molecule has 0 aromatic heterocycles. The van der Waals surface area contributed by atoms with Gasteiger partial charge in [0.05, 0.1) is 6.54 Å². The molecule has 0 N–H and O–H groups in total. The number of hydrogen-bond acceptors (Lipinski definition) is 3. The van der Waals surface area contributed by atoms with Gasteiger partial charge in [0.1, 0.15) is 0 Å². The molecule has 0 saturated heterocycles. The molecule has 1 saturated carbocycles. The van der Waals surface area contributed by atoms with E-state index < -0.39 is 0 Å². The molecular weight excluding hydrogens is 248 g/mol. The molecule has 4 heteroatoms. The minimum absolute atomic E-state index is 0.669. The highest BCUT2D eigenvalue weighted by molar-refractivity contribution is 9.09. The highest BCUT2D eigenvalue weighted by Crippen LogP contribution is 2.33. The van der Waals surface area contributed by atoms with Crippen LogP contribution in [0.1, 0.15) is 19.8 Å². The van der Waals surface area contributed by atoms with Gasteiger partial charge < -0.3 is 4.90 Å². The van der Waals surface area contributed by atoms with E-state index in [0.717, 1.165) is 24.5 Å². The minimum Gasteiger partial charge on any atom is -0.349 e. The van der Waals surface area contributed by atoms with Crippen LogP contribution in [0.2, 0.25) is 0 Å². The zero-order valence-electron chi connectivity index (χ0n) is 7.87. The molecule has 0 radical (unpaired) electrons. The van der Waals surface area contributed by atoms with Crippen LogP contribution in [0.15, 0.2) is 4.99 Å². The molecule has 1 heterocycles. The fraction of sp³-hybridized carbons (Fsp3) is 0.889. The SMILES string of the molecule is CCN(C1=NCC(CBr)S1)C1CC1. The van der Waals surface area contributed by atoms with E-state index in [4.69, 9.17) is 0 Å². The van der Waals surface area contributed by atoms with E-state index in [1.54, 1.807) is 0 Å². The second-order valence-corrected chi connectivity index (χ2v) is 5.45. The summed E-state index contributed by atoms with van der Waals surface area (Å²) in [5, 5.41) is 3.02. The van der Waals surface area contributed by atoms with E-state index in [0.29, 0.717) is 5.25 Å². The Balaban J connectivity index is 1.92. The maximum absolute atomic E-state index is 4.60. The van der Waals surface area contributed by atoms with Crippen molar-refractivity contribution in [2.75, 3.05) is 18.4 Å². The first-order valence-corrected chi connectivity index (χ1v) is 6.89. The smallest absolute Gasteiger partial charge is 0.159 e. The number of aliphatic imine (C=N–C) groups is 1. The Morgan fingerprint density at radius 3 is 2.85 bits per heavy atom. The van der Waals surface area contributed by atoms with Gasteiger partial charge in [-0.15, -0.1) is 0 Å². The summed E-state index contributed by atoms with van der Waals surface area (Å²) in [6.45, 7) is 4.34. The van der Waals surface area contributed by atoms with Gasteiger partial charge in [-0.3, -0.25) is 4.99 Å².